The number of rotatable bonds is 4. The third-order valence-electron chi connectivity index (χ3n) is 3.85. The van der Waals surface area contributed by atoms with E-state index in [-0.39, 0.29) is 5.82 Å². The minimum atomic E-state index is -0.200. The van der Waals surface area contributed by atoms with Gasteiger partial charge in [-0.3, -0.25) is 4.79 Å². The molecule has 0 aliphatic carbocycles. The lowest BCUT2D eigenvalue weighted by molar-refractivity contribution is 0.112. The zero-order chi connectivity index (χ0) is 21.2. The number of pyridine rings is 1. The number of hydrogen-bond donors (Lipinski definition) is 2. The third-order valence-corrected chi connectivity index (χ3v) is 5.76. The quantitative estimate of drug-likeness (QED) is 0.351. The van der Waals surface area contributed by atoms with E-state index in [1.807, 2.05) is 50.5 Å². The lowest BCUT2D eigenvalue weighted by atomic mass is 10.2. The molecule has 3 aromatic heterocycles. The van der Waals surface area contributed by atoms with Crippen LogP contribution in [0.2, 0.25) is 0 Å². The van der Waals surface area contributed by atoms with Crippen molar-refractivity contribution < 1.29 is 9.18 Å². The minimum Gasteiger partial charge on any atom is -0.388 e. The van der Waals surface area contributed by atoms with Gasteiger partial charge in [0.15, 0.2) is 6.29 Å². The number of halogens is 1. The maximum atomic E-state index is 12.2. The monoisotopic (exact) mass is 429 g/mol. The number of nitrogens with one attached hydrogen (secondary N) is 2. The summed E-state index contributed by atoms with van der Waals surface area (Å²) in [7, 11) is 3.62. The summed E-state index contributed by atoms with van der Waals surface area (Å²) in [5.74, 6) is -0.200. The summed E-state index contributed by atoms with van der Waals surface area (Å²) in [4.78, 5) is 18.4. The molecule has 4 rings (SSSR count). The van der Waals surface area contributed by atoms with Crippen LogP contribution in [0.1, 0.15) is 23.5 Å². The summed E-state index contributed by atoms with van der Waals surface area (Å²) in [5.41, 5.74) is 2.76. The van der Waals surface area contributed by atoms with Crippen LogP contribution in [0, 0.1) is 5.82 Å². The SMILES string of the molecule is CC.CNc1c(C=O)sc2nc(-c3cccs3)ccc12.CNc1ccc(F)cc1. The maximum absolute atomic E-state index is 12.2. The van der Waals surface area contributed by atoms with Crippen LogP contribution < -0.4 is 10.6 Å². The van der Waals surface area contributed by atoms with Crippen molar-refractivity contribution in [3.05, 3.63) is 64.6 Å². The Hall–Kier alpha value is -2.77. The molecule has 3 heterocycles. The van der Waals surface area contributed by atoms with Gasteiger partial charge in [-0.2, -0.15) is 0 Å². The van der Waals surface area contributed by atoms with Crippen LogP contribution in [0.4, 0.5) is 15.8 Å². The predicted molar refractivity (Wildman–Crippen MR) is 125 cm³/mol. The summed E-state index contributed by atoms with van der Waals surface area (Å²) in [6.07, 6.45) is 0.878. The van der Waals surface area contributed by atoms with Crippen molar-refractivity contribution in [2.45, 2.75) is 13.8 Å². The van der Waals surface area contributed by atoms with Crippen molar-refractivity contribution in [1.82, 2.24) is 4.98 Å². The summed E-state index contributed by atoms with van der Waals surface area (Å²) in [6.45, 7) is 4.00. The van der Waals surface area contributed by atoms with E-state index in [0.717, 1.165) is 38.4 Å². The number of aldehydes is 1. The average molecular weight is 430 g/mol. The summed E-state index contributed by atoms with van der Waals surface area (Å²) >= 11 is 3.09. The molecule has 0 atom stereocenters. The lowest BCUT2D eigenvalue weighted by Gasteiger charge is -1.99. The number of carbonyl (C=O) groups excluding carboxylic acids is 1. The number of benzene rings is 1. The molecule has 0 aliphatic rings. The molecule has 0 spiro atoms. The van der Waals surface area contributed by atoms with Gasteiger partial charge in [-0.15, -0.1) is 22.7 Å². The molecule has 0 aliphatic heterocycles. The predicted octanol–water partition coefficient (Wildman–Crippen LogP) is 6.77. The van der Waals surface area contributed by atoms with Gasteiger partial charge < -0.3 is 10.6 Å². The number of anilines is 2. The Balaban J connectivity index is 0.000000231. The highest BCUT2D eigenvalue weighted by Gasteiger charge is 2.12. The van der Waals surface area contributed by atoms with Crippen molar-refractivity contribution in [3.63, 3.8) is 0 Å². The number of fused-ring (bicyclic) bond motifs is 1. The molecule has 4 aromatic rings. The van der Waals surface area contributed by atoms with E-state index < -0.39 is 0 Å². The fourth-order valence-corrected chi connectivity index (χ4v) is 4.21. The molecular weight excluding hydrogens is 405 g/mol. The van der Waals surface area contributed by atoms with Crippen molar-refractivity contribution in [1.29, 1.82) is 0 Å². The Morgan fingerprint density at radius 2 is 1.72 bits per heavy atom. The van der Waals surface area contributed by atoms with Crippen LogP contribution in [0.15, 0.2) is 53.9 Å². The molecule has 0 saturated carbocycles. The van der Waals surface area contributed by atoms with Gasteiger partial charge >= 0.3 is 0 Å². The largest absolute Gasteiger partial charge is 0.388 e. The number of aromatic nitrogens is 1. The van der Waals surface area contributed by atoms with Gasteiger partial charge in [0.1, 0.15) is 10.6 Å². The third kappa shape index (κ3) is 5.62. The minimum absolute atomic E-state index is 0.200. The Morgan fingerprint density at radius 1 is 1.00 bits per heavy atom. The summed E-state index contributed by atoms with van der Waals surface area (Å²) in [5, 5.41) is 8.99. The average Bonchev–Trinajstić information content (AvgIpc) is 3.43. The Labute approximate surface area is 178 Å². The molecule has 0 amide bonds. The van der Waals surface area contributed by atoms with Crippen LogP contribution in [0.5, 0.6) is 0 Å². The second-order valence-electron chi connectivity index (χ2n) is 5.49. The fourth-order valence-electron chi connectivity index (χ4n) is 2.52. The maximum Gasteiger partial charge on any atom is 0.162 e. The van der Waals surface area contributed by atoms with E-state index >= 15 is 0 Å². The molecular formula is C22H24FN3OS2. The fraction of sp³-hybridized carbons (Fsp3) is 0.182. The smallest absolute Gasteiger partial charge is 0.162 e. The molecule has 0 bridgehead atoms. The van der Waals surface area contributed by atoms with Crippen molar-refractivity contribution in [3.8, 4) is 10.6 Å². The van der Waals surface area contributed by atoms with E-state index in [1.54, 1.807) is 30.5 Å². The van der Waals surface area contributed by atoms with Gasteiger partial charge in [0, 0.05) is 25.2 Å². The van der Waals surface area contributed by atoms with Gasteiger partial charge in [0.25, 0.3) is 0 Å². The second kappa shape index (κ2) is 11.3. The van der Waals surface area contributed by atoms with Crippen LogP contribution >= 0.6 is 22.7 Å². The summed E-state index contributed by atoms with van der Waals surface area (Å²) < 4.78 is 12.2. The first-order valence-corrected chi connectivity index (χ1v) is 10.9. The number of thiophene rings is 2. The normalized spacial score (nSPS) is 9.69. The second-order valence-corrected chi connectivity index (χ2v) is 7.47. The number of carbonyl (C=O) groups is 1. The molecule has 7 heteroatoms. The molecule has 4 nitrogen and oxygen atoms in total. The van der Waals surface area contributed by atoms with E-state index in [0.29, 0.717) is 4.88 Å². The number of hydrogen-bond acceptors (Lipinski definition) is 6. The molecule has 29 heavy (non-hydrogen) atoms. The van der Waals surface area contributed by atoms with Gasteiger partial charge in [-0.05, 0) is 47.8 Å². The van der Waals surface area contributed by atoms with Crippen LogP contribution in [-0.4, -0.2) is 25.4 Å². The Morgan fingerprint density at radius 3 is 2.28 bits per heavy atom. The molecule has 2 N–H and O–H groups in total. The standard InChI is InChI=1S/C13H10N2OS2.C7H8FN.C2H6/c1-14-12-8-4-5-9(10-3-2-6-17-10)15-13(8)18-11(12)7-16;1-9-7-4-2-6(8)3-5-7;1-2/h2-7,14H,1H3;2-5,9H,1H3;1-2H3. The molecule has 0 saturated heterocycles. The number of nitrogens with zero attached hydrogens (tertiary/aromatic N) is 1. The first-order valence-electron chi connectivity index (χ1n) is 9.20. The van der Waals surface area contributed by atoms with Crippen molar-refractivity contribution in [2.24, 2.45) is 0 Å². The lowest BCUT2D eigenvalue weighted by Crippen LogP contribution is -1.89. The highest BCUT2D eigenvalue weighted by Crippen LogP contribution is 2.35. The van der Waals surface area contributed by atoms with Gasteiger partial charge in [0.05, 0.1) is 21.1 Å². The topological polar surface area (TPSA) is 54.0 Å². The first-order chi connectivity index (χ1) is 14.2. The van der Waals surface area contributed by atoms with E-state index in [2.05, 4.69) is 15.6 Å². The zero-order valence-electron chi connectivity index (χ0n) is 16.8. The van der Waals surface area contributed by atoms with Crippen LogP contribution in [0.3, 0.4) is 0 Å². The highest BCUT2D eigenvalue weighted by atomic mass is 32.1. The summed E-state index contributed by atoms with van der Waals surface area (Å²) in [6, 6.07) is 14.3. The highest BCUT2D eigenvalue weighted by molar-refractivity contribution is 7.21. The van der Waals surface area contributed by atoms with Gasteiger partial charge in [-0.1, -0.05) is 19.9 Å². The van der Waals surface area contributed by atoms with Gasteiger partial charge in [0.2, 0.25) is 0 Å². The molecule has 1 aromatic carbocycles. The first kappa shape index (κ1) is 22.5. The Bertz CT molecular complexity index is 1030. The van der Waals surface area contributed by atoms with Crippen molar-refractivity contribution >= 4 is 50.6 Å². The molecule has 0 fully saturated rings. The van der Waals surface area contributed by atoms with E-state index in [9.17, 15) is 9.18 Å². The Kier molecular flexibility index (Phi) is 8.76. The van der Waals surface area contributed by atoms with Crippen LogP contribution in [0.25, 0.3) is 20.8 Å². The van der Waals surface area contributed by atoms with E-state index in [1.165, 1.54) is 23.5 Å². The molecule has 0 radical (unpaired) electrons. The zero-order valence-corrected chi connectivity index (χ0v) is 18.5. The van der Waals surface area contributed by atoms with E-state index in [4.69, 9.17) is 0 Å². The van der Waals surface area contributed by atoms with Crippen LogP contribution in [-0.2, 0) is 0 Å². The van der Waals surface area contributed by atoms with Crippen molar-refractivity contribution in [2.75, 3.05) is 24.7 Å². The molecule has 152 valence electrons. The molecule has 0 unspecified atom stereocenters. The van der Waals surface area contributed by atoms with Gasteiger partial charge in [-0.25, -0.2) is 9.37 Å².